The summed E-state index contributed by atoms with van der Waals surface area (Å²) in [5.74, 6) is 0. The average molecular weight is 740 g/mol. The third kappa shape index (κ3) is 4.23. The molecule has 4 heterocycles. The van der Waals surface area contributed by atoms with Crippen molar-refractivity contribution in [1.82, 2.24) is 13.7 Å². The van der Waals surface area contributed by atoms with E-state index in [1.165, 1.54) is 54.5 Å². The predicted octanol–water partition coefficient (Wildman–Crippen LogP) is 14.5. The molecule has 13 aromatic rings. The lowest BCUT2D eigenvalue weighted by Crippen LogP contribution is -1.94. The Morgan fingerprint density at radius 1 is 0.276 bits per heavy atom. The second kappa shape index (κ2) is 11.8. The summed E-state index contributed by atoms with van der Waals surface area (Å²) in [6, 6.07) is 72.2. The van der Waals surface area contributed by atoms with Gasteiger partial charge in [-0.15, -0.1) is 0 Å². The molecular formula is C54H33N3O. The van der Waals surface area contributed by atoms with Crippen molar-refractivity contribution in [3.05, 3.63) is 200 Å². The van der Waals surface area contributed by atoms with Gasteiger partial charge in [0.1, 0.15) is 0 Å². The van der Waals surface area contributed by atoms with Crippen LogP contribution in [0, 0.1) is 0 Å². The summed E-state index contributed by atoms with van der Waals surface area (Å²) in [6.45, 7) is 0. The van der Waals surface area contributed by atoms with Crippen molar-refractivity contribution in [3.63, 3.8) is 0 Å². The molecule has 13 rings (SSSR count). The summed E-state index contributed by atoms with van der Waals surface area (Å²) < 4.78 is 14.4. The zero-order valence-electron chi connectivity index (χ0n) is 31.3. The fourth-order valence-corrected chi connectivity index (χ4v) is 9.81. The fraction of sp³-hybridized carbons (Fsp3) is 0. The minimum Gasteiger partial charge on any atom is -0.452 e. The number of nitrogens with zero attached hydrogens (tertiary/aromatic N) is 3. The summed E-state index contributed by atoms with van der Waals surface area (Å²) in [4.78, 5) is 0. The van der Waals surface area contributed by atoms with E-state index in [-0.39, 0.29) is 0 Å². The van der Waals surface area contributed by atoms with E-state index >= 15 is 0 Å². The van der Waals surface area contributed by atoms with Crippen molar-refractivity contribution in [1.29, 1.82) is 0 Å². The minimum absolute atomic E-state index is 0.892. The van der Waals surface area contributed by atoms with Gasteiger partial charge in [-0.3, -0.25) is 0 Å². The number of furan rings is 1. The summed E-state index contributed by atoms with van der Waals surface area (Å²) in [5, 5.41) is 9.49. The van der Waals surface area contributed by atoms with Crippen LogP contribution >= 0.6 is 0 Å². The van der Waals surface area contributed by atoms with Gasteiger partial charge in [-0.2, -0.15) is 0 Å². The highest BCUT2D eigenvalue weighted by atomic mass is 16.3. The van der Waals surface area contributed by atoms with Crippen LogP contribution in [-0.4, -0.2) is 13.7 Å². The van der Waals surface area contributed by atoms with Crippen molar-refractivity contribution in [3.8, 4) is 28.2 Å². The van der Waals surface area contributed by atoms with Crippen LogP contribution in [-0.2, 0) is 0 Å². The van der Waals surface area contributed by atoms with E-state index in [9.17, 15) is 0 Å². The van der Waals surface area contributed by atoms with Gasteiger partial charge in [-0.25, -0.2) is 0 Å². The first kappa shape index (κ1) is 31.4. The van der Waals surface area contributed by atoms with Crippen LogP contribution in [0.4, 0.5) is 0 Å². The molecule has 4 nitrogen and oxygen atoms in total. The molecule has 0 N–H and O–H groups in total. The van der Waals surface area contributed by atoms with E-state index in [0.29, 0.717) is 0 Å². The van der Waals surface area contributed by atoms with Gasteiger partial charge in [0.05, 0.1) is 33.1 Å². The largest absolute Gasteiger partial charge is 0.452 e. The maximum Gasteiger partial charge on any atom is 0.160 e. The molecule has 4 aromatic heterocycles. The van der Waals surface area contributed by atoms with Crippen LogP contribution in [0.5, 0.6) is 0 Å². The number of fused-ring (bicyclic) bond motifs is 14. The molecule has 0 atom stereocenters. The highest BCUT2D eigenvalue weighted by Gasteiger charge is 2.23. The quantitative estimate of drug-likeness (QED) is 0.177. The lowest BCUT2D eigenvalue weighted by Gasteiger charge is -2.11. The van der Waals surface area contributed by atoms with Gasteiger partial charge in [-0.05, 0) is 83.9 Å². The van der Waals surface area contributed by atoms with E-state index < -0.39 is 0 Å². The van der Waals surface area contributed by atoms with Crippen molar-refractivity contribution in [2.75, 3.05) is 0 Å². The maximum absolute atomic E-state index is 7.24. The Balaban J connectivity index is 1.05. The van der Waals surface area contributed by atoms with Crippen LogP contribution in [0.3, 0.4) is 0 Å². The molecule has 0 fully saturated rings. The number of hydrogen-bond donors (Lipinski definition) is 0. The van der Waals surface area contributed by atoms with E-state index in [1.807, 2.05) is 0 Å². The first-order valence-electron chi connectivity index (χ1n) is 19.9. The molecule has 0 aliphatic heterocycles. The smallest absolute Gasteiger partial charge is 0.160 e. The van der Waals surface area contributed by atoms with Crippen LogP contribution < -0.4 is 0 Å². The Hall–Kier alpha value is -7.82. The Kier molecular flexibility index (Phi) is 6.41. The molecule has 58 heavy (non-hydrogen) atoms. The molecule has 0 bridgehead atoms. The number of hydrogen-bond acceptors (Lipinski definition) is 1. The van der Waals surface area contributed by atoms with Crippen LogP contribution in [0.15, 0.2) is 205 Å². The summed E-state index contributed by atoms with van der Waals surface area (Å²) in [5.41, 5.74) is 14.4. The summed E-state index contributed by atoms with van der Waals surface area (Å²) in [6.07, 6.45) is 0. The summed E-state index contributed by atoms with van der Waals surface area (Å²) >= 11 is 0. The van der Waals surface area contributed by atoms with Crippen LogP contribution in [0.25, 0.3) is 116 Å². The molecule has 4 heteroatoms. The SMILES string of the molecule is c1ccc(-n2c3ccccc3c3c(-c4ccc(-n5c6ccccc6c6ccc7c8ccc9c%10ccccc%10n(-c%10ccccc%10)c9c8oc7c65)cc4)cccc32)cc1. The number of rotatable bonds is 4. The number of aromatic nitrogens is 3. The van der Waals surface area contributed by atoms with E-state index in [4.69, 9.17) is 4.42 Å². The Labute approximate surface area is 332 Å². The van der Waals surface area contributed by atoms with Crippen molar-refractivity contribution in [2.24, 2.45) is 0 Å². The molecule has 0 aliphatic rings. The third-order valence-electron chi connectivity index (χ3n) is 12.2. The van der Waals surface area contributed by atoms with Gasteiger partial charge in [0.2, 0.25) is 0 Å². The molecule has 0 spiro atoms. The van der Waals surface area contributed by atoms with Crippen molar-refractivity contribution in [2.45, 2.75) is 0 Å². The molecule has 0 saturated heterocycles. The van der Waals surface area contributed by atoms with E-state index in [0.717, 1.165) is 61.1 Å². The lowest BCUT2D eigenvalue weighted by atomic mass is 9.99. The zero-order chi connectivity index (χ0) is 37.9. The molecule has 0 saturated carbocycles. The molecule has 0 aliphatic carbocycles. The number of benzene rings is 9. The second-order valence-electron chi connectivity index (χ2n) is 15.3. The van der Waals surface area contributed by atoms with Gasteiger partial charge in [0.15, 0.2) is 11.2 Å². The monoisotopic (exact) mass is 739 g/mol. The topological polar surface area (TPSA) is 27.9 Å². The third-order valence-corrected chi connectivity index (χ3v) is 12.2. The van der Waals surface area contributed by atoms with Crippen LogP contribution in [0.2, 0.25) is 0 Å². The standard InChI is InChI=1S/C54H33N3O/c1-3-14-35(15-4-1)55-48-24-12-9-20-45(48)50-38(21-13-25-49(50)55)34-26-28-37(29-27-34)57-47-23-11-8-19-40(47)42-31-33-44-43-32-30-41-39-18-7-10-22-46(39)56(36-16-5-2-6-17-36)51(41)53(43)58-54(44)52(42)57/h1-33H. The predicted molar refractivity (Wildman–Crippen MR) is 242 cm³/mol. The normalized spacial score (nSPS) is 12.1. The molecule has 0 unspecified atom stereocenters. The number of para-hydroxylation sites is 5. The summed E-state index contributed by atoms with van der Waals surface area (Å²) in [7, 11) is 0. The molecule has 0 radical (unpaired) electrons. The Morgan fingerprint density at radius 3 is 1.28 bits per heavy atom. The highest BCUT2D eigenvalue weighted by Crippen LogP contribution is 2.45. The van der Waals surface area contributed by atoms with Crippen molar-refractivity contribution >= 4 is 87.4 Å². The van der Waals surface area contributed by atoms with Crippen LogP contribution in [0.1, 0.15) is 0 Å². The fourth-order valence-electron chi connectivity index (χ4n) is 9.81. The van der Waals surface area contributed by atoms with Gasteiger partial charge in [0.25, 0.3) is 0 Å². The Morgan fingerprint density at radius 2 is 0.707 bits per heavy atom. The second-order valence-corrected chi connectivity index (χ2v) is 15.3. The highest BCUT2D eigenvalue weighted by molar-refractivity contribution is 6.26. The average Bonchev–Trinajstić information content (AvgIpc) is 4.03. The van der Waals surface area contributed by atoms with Gasteiger partial charge in [-0.1, -0.05) is 127 Å². The molecule has 9 aromatic carbocycles. The first-order chi connectivity index (χ1) is 28.8. The minimum atomic E-state index is 0.892. The molecule has 270 valence electrons. The van der Waals surface area contributed by atoms with Crippen molar-refractivity contribution < 1.29 is 4.42 Å². The van der Waals surface area contributed by atoms with E-state index in [2.05, 4.69) is 214 Å². The molecule has 0 amide bonds. The maximum atomic E-state index is 7.24. The zero-order valence-corrected chi connectivity index (χ0v) is 31.3. The first-order valence-corrected chi connectivity index (χ1v) is 19.9. The molecular weight excluding hydrogens is 707 g/mol. The van der Waals surface area contributed by atoms with E-state index in [1.54, 1.807) is 0 Å². The Bertz CT molecular complexity index is 3770. The van der Waals surface area contributed by atoms with Gasteiger partial charge >= 0.3 is 0 Å². The van der Waals surface area contributed by atoms with Gasteiger partial charge in [0, 0.05) is 60.2 Å². The van der Waals surface area contributed by atoms with Gasteiger partial charge < -0.3 is 18.1 Å². The lowest BCUT2D eigenvalue weighted by molar-refractivity contribution is 0.673.